The van der Waals surface area contributed by atoms with Gasteiger partial charge in [0.05, 0.1) is 23.5 Å². The molecule has 5 nitrogen and oxygen atoms in total. The number of hydrazone groups is 1. The van der Waals surface area contributed by atoms with Crippen LogP contribution in [0.15, 0.2) is 76.3 Å². The van der Waals surface area contributed by atoms with Gasteiger partial charge in [-0.05, 0) is 54.1 Å². The van der Waals surface area contributed by atoms with E-state index in [1.807, 2.05) is 42.5 Å². The Bertz CT molecular complexity index is 1240. The molecule has 0 unspecified atom stereocenters. The van der Waals surface area contributed by atoms with Crippen LogP contribution in [0.2, 0.25) is 5.02 Å². The highest BCUT2D eigenvalue weighted by Crippen LogP contribution is 2.32. The molecule has 4 aromatic rings. The Balaban J connectivity index is 1.76. The van der Waals surface area contributed by atoms with Crippen LogP contribution in [0.3, 0.4) is 0 Å². The Labute approximate surface area is 190 Å². The maximum atomic E-state index is 13.3. The van der Waals surface area contributed by atoms with Gasteiger partial charge in [0.25, 0.3) is 5.91 Å². The quantitative estimate of drug-likeness (QED) is 0.235. The number of ether oxygens (including phenoxy) is 1. The number of anilines is 1. The number of carbonyl (C=O) groups is 1. The second-order valence-electron chi connectivity index (χ2n) is 6.25. The molecule has 3 aromatic carbocycles. The first-order valence-electron chi connectivity index (χ1n) is 8.87. The van der Waals surface area contributed by atoms with Crippen molar-refractivity contribution in [3.8, 4) is 5.75 Å². The molecule has 0 radical (unpaired) electrons. The lowest BCUT2D eigenvalue weighted by Crippen LogP contribution is -2.25. The molecule has 0 saturated heterocycles. The van der Waals surface area contributed by atoms with Gasteiger partial charge in [-0.2, -0.15) is 10.1 Å². The predicted octanol–water partition coefficient (Wildman–Crippen LogP) is 6.40. The maximum Gasteiger partial charge on any atom is 0.280 e. The average Bonchev–Trinajstić information content (AvgIpc) is 3.17. The maximum absolute atomic E-state index is 13.3. The number of hydrogen-bond donors (Lipinski definition) is 0. The van der Waals surface area contributed by atoms with Crippen LogP contribution < -0.4 is 9.75 Å². The zero-order chi connectivity index (χ0) is 21.1. The third kappa shape index (κ3) is 4.53. The Kier molecular flexibility index (Phi) is 6.13. The normalized spacial score (nSPS) is 11.2. The summed E-state index contributed by atoms with van der Waals surface area (Å²) in [4.78, 5) is 17.9. The lowest BCUT2D eigenvalue weighted by atomic mass is 10.2. The van der Waals surface area contributed by atoms with Gasteiger partial charge in [0.15, 0.2) is 0 Å². The molecule has 0 bridgehead atoms. The highest BCUT2D eigenvalue weighted by molar-refractivity contribution is 9.10. The Morgan fingerprint density at radius 2 is 1.97 bits per heavy atom. The van der Waals surface area contributed by atoms with E-state index in [1.54, 1.807) is 37.6 Å². The molecule has 0 spiro atoms. The third-order valence-electron chi connectivity index (χ3n) is 4.22. The molecule has 1 aromatic heterocycles. The van der Waals surface area contributed by atoms with Crippen molar-refractivity contribution in [1.29, 1.82) is 0 Å². The molecule has 4 rings (SSSR count). The number of methoxy groups -OCH3 is 1. The van der Waals surface area contributed by atoms with Crippen LogP contribution in [0, 0.1) is 0 Å². The lowest BCUT2D eigenvalue weighted by molar-refractivity contribution is 0.0988. The summed E-state index contributed by atoms with van der Waals surface area (Å²) in [6.07, 6.45) is 1.63. The summed E-state index contributed by atoms with van der Waals surface area (Å²) >= 11 is 10.9. The van der Waals surface area contributed by atoms with Crippen molar-refractivity contribution >= 4 is 66.3 Å². The van der Waals surface area contributed by atoms with Gasteiger partial charge in [0, 0.05) is 15.1 Å². The summed E-state index contributed by atoms with van der Waals surface area (Å²) in [6, 6.07) is 20.0. The number of aromatic nitrogens is 1. The van der Waals surface area contributed by atoms with E-state index in [1.165, 1.54) is 16.3 Å². The van der Waals surface area contributed by atoms with Crippen LogP contribution in [0.25, 0.3) is 10.2 Å². The Morgan fingerprint density at radius 1 is 1.17 bits per heavy atom. The number of benzene rings is 3. The molecule has 1 amide bonds. The first kappa shape index (κ1) is 20.5. The first-order chi connectivity index (χ1) is 14.5. The van der Waals surface area contributed by atoms with E-state index >= 15 is 0 Å². The molecule has 0 fully saturated rings. The van der Waals surface area contributed by atoms with Gasteiger partial charge >= 0.3 is 0 Å². The summed E-state index contributed by atoms with van der Waals surface area (Å²) in [7, 11) is 1.61. The fourth-order valence-electron chi connectivity index (χ4n) is 2.72. The van der Waals surface area contributed by atoms with Gasteiger partial charge in [-0.1, -0.05) is 57.1 Å². The fourth-order valence-corrected chi connectivity index (χ4v) is 4.12. The summed E-state index contributed by atoms with van der Waals surface area (Å²) in [5, 5.41) is 6.68. The number of carbonyl (C=O) groups excluding carboxylic acids is 1. The topological polar surface area (TPSA) is 54.8 Å². The van der Waals surface area contributed by atoms with Crippen LogP contribution in [0.5, 0.6) is 5.75 Å². The summed E-state index contributed by atoms with van der Waals surface area (Å²) < 4.78 is 7.15. The molecule has 8 heteroatoms. The van der Waals surface area contributed by atoms with Crippen LogP contribution in [0.4, 0.5) is 5.13 Å². The van der Waals surface area contributed by atoms with E-state index in [4.69, 9.17) is 16.3 Å². The molecule has 30 heavy (non-hydrogen) atoms. The Morgan fingerprint density at radius 3 is 2.70 bits per heavy atom. The van der Waals surface area contributed by atoms with Crippen LogP contribution >= 0.6 is 38.9 Å². The van der Waals surface area contributed by atoms with Crippen molar-refractivity contribution in [1.82, 2.24) is 4.98 Å². The highest BCUT2D eigenvalue weighted by atomic mass is 79.9. The van der Waals surface area contributed by atoms with E-state index < -0.39 is 0 Å². The molecule has 0 atom stereocenters. The third-order valence-corrected chi connectivity index (χ3v) is 5.98. The fraction of sp³-hybridized carbons (Fsp3) is 0.0455. The summed E-state index contributed by atoms with van der Waals surface area (Å²) in [6.45, 7) is 0. The van der Waals surface area contributed by atoms with E-state index in [0.29, 0.717) is 15.7 Å². The van der Waals surface area contributed by atoms with Gasteiger partial charge in [0.1, 0.15) is 5.75 Å². The first-order valence-corrected chi connectivity index (χ1v) is 10.9. The minimum absolute atomic E-state index is 0.322. The minimum atomic E-state index is -0.322. The largest absolute Gasteiger partial charge is 0.497 e. The number of fused-ring (bicyclic) bond motifs is 1. The van der Waals surface area contributed by atoms with E-state index in [2.05, 4.69) is 26.0 Å². The molecule has 0 aliphatic rings. The lowest BCUT2D eigenvalue weighted by Gasteiger charge is -2.14. The second kappa shape index (κ2) is 8.95. The molecular formula is C22H15BrClN3O2S. The zero-order valence-corrected chi connectivity index (χ0v) is 18.9. The SMILES string of the molecule is COc1ccc2nc(N(/N=C/c3ccc(Br)cc3)C(=O)c3cccc(Cl)c3)sc2c1. The van der Waals surface area contributed by atoms with Gasteiger partial charge < -0.3 is 4.74 Å². The van der Waals surface area contributed by atoms with Gasteiger partial charge in [-0.15, -0.1) is 0 Å². The molecule has 0 N–H and O–H groups in total. The van der Waals surface area contributed by atoms with Crippen molar-refractivity contribution in [3.63, 3.8) is 0 Å². The number of halogens is 2. The summed E-state index contributed by atoms with van der Waals surface area (Å²) in [5.41, 5.74) is 2.04. The zero-order valence-electron chi connectivity index (χ0n) is 15.8. The molecule has 0 aliphatic carbocycles. The van der Waals surface area contributed by atoms with Gasteiger partial charge in [-0.3, -0.25) is 4.79 Å². The number of nitrogens with zero attached hydrogens (tertiary/aromatic N) is 3. The number of thiazole rings is 1. The summed E-state index contributed by atoms with van der Waals surface area (Å²) in [5.74, 6) is 0.403. The van der Waals surface area contributed by atoms with E-state index in [9.17, 15) is 4.79 Å². The molecule has 0 saturated carbocycles. The van der Waals surface area contributed by atoms with Crippen molar-refractivity contribution in [2.24, 2.45) is 5.10 Å². The standard InChI is InChI=1S/C22H15BrClN3O2S/c1-29-18-9-10-19-20(12-18)30-22(26-19)27(21(28)15-3-2-4-17(24)11-15)25-13-14-5-7-16(23)8-6-14/h2-13H,1H3/b25-13+. The van der Waals surface area contributed by atoms with Gasteiger partial charge in [-0.25, -0.2) is 4.98 Å². The monoisotopic (exact) mass is 499 g/mol. The number of amides is 1. The van der Waals surface area contributed by atoms with Crippen molar-refractivity contribution in [2.75, 3.05) is 12.1 Å². The smallest absolute Gasteiger partial charge is 0.280 e. The van der Waals surface area contributed by atoms with Crippen molar-refractivity contribution in [3.05, 3.63) is 87.4 Å². The molecule has 150 valence electrons. The van der Waals surface area contributed by atoms with Gasteiger partial charge in [0.2, 0.25) is 5.13 Å². The molecular weight excluding hydrogens is 486 g/mol. The number of rotatable bonds is 5. The van der Waals surface area contributed by atoms with Crippen LogP contribution in [-0.2, 0) is 0 Å². The van der Waals surface area contributed by atoms with Crippen LogP contribution in [-0.4, -0.2) is 24.2 Å². The van der Waals surface area contributed by atoms with Crippen LogP contribution in [0.1, 0.15) is 15.9 Å². The van der Waals surface area contributed by atoms with E-state index in [-0.39, 0.29) is 5.91 Å². The molecule has 0 aliphatic heterocycles. The highest BCUT2D eigenvalue weighted by Gasteiger charge is 2.21. The predicted molar refractivity (Wildman–Crippen MR) is 126 cm³/mol. The number of hydrogen-bond acceptors (Lipinski definition) is 5. The molecule has 1 heterocycles. The average molecular weight is 501 g/mol. The van der Waals surface area contributed by atoms with Crippen molar-refractivity contribution in [2.45, 2.75) is 0 Å². The van der Waals surface area contributed by atoms with Crippen molar-refractivity contribution < 1.29 is 9.53 Å². The van der Waals surface area contributed by atoms with E-state index in [0.717, 1.165) is 26.0 Å². The Hall–Kier alpha value is -2.74. The second-order valence-corrected chi connectivity index (χ2v) is 8.61. The minimum Gasteiger partial charge on any atom is -0.497 e.